The number of aromatic nitrogens is 2. The Labute approximate surface area is 191 Å². The minimum atomic E-state index is -0.266. The summed E-state index contributed by atoms with van der Waals surface area (Å²) in [5, 5.41) is 0.586. The number of fused-ring (bicyclic) bond motifs is 1. The van der Waals surface area contributed by atoms with E-state index in [1.54, 1.807) is 4.57 Å². The van der Waals surface area contributed by atoms with E-state index in [0.717, 1.165) is 31.4 Å². The minimum Gasteiger partial charge on any atom is -0.333 e. The molecule has 5 nitrogen and oxygen atoms in total. The van der Waals surface area contributed by atoms with Crippen molar-refractivity contribution >= 4 is 16.8 Å². The zero-order valence-corrected chi connectivity index (χ0v) is 19.8. The number of para-hydroxylation sites is 1. The fourth-order valence-electron chi connectivity index (χ4n) is 4.29. The summed E-state index contributed by atoms with van der Waals surface area (Å²) in [5.41, 5.74) is 2.57. The van der Waals surface area contributed by atoms with Crippen molar-refractivity contribution in [3.05, 3.63) is 70.3 Å². The second-order valence-corrected chi connectivity index (χ2v) is 8.21. The highest BCUT2D eigenvalue weighted by Gasteiger charge is 2.27. The van der Waals surface area contributed by atoms with Crippen LogP contribution in [0.25, 0.3) is 16.6 Å². The van der Waals surface area contributed by atoms with E-state index in [-0.39, 0.29) is 17.5 Å². The lowest BCUT2D eigenvalue weighted by Gasteiger charge is -2.31. The molecular formula is C27H35N3O2. The fourth-order valence-corrected chi connectivity index (χ4v) is 4.29. The third kappa shape index (κ3) is 4.93. The predicted molar refractivity (Wildman–Crippen MR) is 131 cm³/mol. The number of carbonyl (C=O) groups excluding carboxylic acids is 1. The van der Waals surface area contributed by atoms with Crippen LogP contribution < -0.4 is 5.56 Å². The number of unbranched alkanes of at least 4 members (excludes halogenated alkanes) is 2. The van der Waals surface area contributed by atoms with E-state index in [2.05, 4.69) is 32.9 Å². The number of amides is 1. The number of hydrogen-bond donors (Lipinski definition) is 0. The van der Waals surface area contributed by atoms with Crippen molar-refractivity contribution in [3.63, 3.8) is 0 Å². The van der Waals surface area contributed by atoms with E-state index >= 15 is 0 Å². The molecule has 0 spiro atoms. The summed E-state index contributed by atoms with van der Waals surface area (Å²) in [6.45, 7) is 8.89. The van der Waals surface area contributed by atoms with E-state index in [0.29, 0.717) is 36.1 Å². The highest BCUT2D eigenvalue weighted by atomic mass is 16.2. The van der Waals surface area contributed by atoms with Crippen molar-refractivity contribution in [1.82, 2.24) is 14.5 Å². The van der Waals surface area contributed by atoms with Crippen molar-refractivity contribution in [2.75, 3.05) is 6.54 Å². The van der Waals surface area contributed by atoms with Crippen LogP contribution in [-0.2, 0) is 11.2 Å². The molecule has 0 saturated carbocycles. The van der Waals surface area contributed by atoms with Gasteiger partial charge in [-0.1, -0.05) is 57.9 Å². The van der Waals surface area contributed by atoms with Crippen LogP contribution in [0.15, 0.2) is 53.3 Å². The summed E-state index contributed by atoms with van der Waals surface area (Å²) >= 11 is 0. The van der Waals surface area contributed by atoms with E-state index < -0.39 is 0 Å². The molecule has 1 unspecified atom stereocenters. The lowest BCUT2D eigenvalue weighted by molar-refractivity contribution is -0.133. The number of hydrogen-bond acceptors (Lipinski definition) is 3. The van der Waals surface area contributed by atoms with Gasteiger partial charge in [-0.3, -0.25) is 14.2 Å². The molecular weight excluding hydrogens is 398 g/mol. The molecule has 1 aromatic heterocycles. The molecule has 0 radical (unpaired) electrons. The van der Waals surface area contributed by atoms with Gasteiger partial charge in [0, 0.05) is 13.0 Å². The van der Waals surface area contributed by atoms with Gasteiger partial charge in [0.25, 0.3) is 5.56 Å². The van der Waals surface area contributed by atoms with Crippen molar-refractivity contribution in [1.29, 1.82) is 0 Å². The molecule has 0 aliphatic carbocycles. The average molecular weight is 434 g/mol. The predicted octanol–water partition coefficient (Wildman–Crippen LogP) is 5.83. The first kappa shape index (κ1) is 23.7. The second kappa shape index (κ2) is 11.1. The summed E-state index contributed by atoms with van der Waals surface area (Å²) in [6.07, 6.45) is 5.16. The Morgan fingerprint density at radius 2 is 1.72 bits per heavy atom. The van der Waals surface area contributed by atoms with Gasteiger partial charge in [0.15, 0.2) is 0 Å². The van der Waals surface area contributed by atoms with Crippen LogP contribution in [0.4, 0.5) is 0 Å². The molecule has 1 amide bonds. The summed E-state index contributed by atoms with van der Waals surface area (Å²) in [4.78, 5) is 33.6. The SMILES string of the molecule is CCCCCC(=O)N(CC)C(CC)c1nc2ccccc2c(=O)n1-c1ccc(CC)cc1. The third-order valence-corrected chi connectivity index (χ3v) is 6.12. The van der Waals surface area contributed by atoms with Crippen LogP contribution >= 0.6 is 0 Å². The van der Waals surface area contributed by atoms with Crippen LogP contribution in [0, 0.1) is 0 Å². The summed E-state index contributed by atoms with van der Waals surface area (Å²) in [7, 11) is 0. The molecule has 32 heavy (non-hydrogen) atoms. The van der Waals surface area contributed by atoms with Crippen LogP contribution in [0.1, 0.15) is 77.2 Å². The Morgan fingerprint density at radius 3 is 2.34 bits per heavy atom. The minimum absolute atomic E-state index is 0.0946. The van der Waals surface area contributed by atoms with Gasteiger partial charge < -0.3 is 4.90 Å². The van der Waals surface area contributed by atoms with Crippen LogP contribution in [0.2, 0.25) is 0 Å². The van der Waals surface area contributed by atoms with Crippen LogP contribution in [0.3, 0.4) is 0 Å². The number of aryl methyl sites for hydroxylation is 1. The maximum absolute atomic E-state index is 13.6. The van der Waals surface area contributed by atoms with Gasteiger partial charge in [-0.15, -0.1) is 0 Å². The Hall–Kier alpha value is -2.95. The molecule has 5 heteroatoms. The zero-order chi connectivity index (χ0) is 23.1. The fraction of sp³-hybridized carbons (Fsp3) is 0.444. The lowest BCUT2D eigenvalue weighted by Crippen LogP contribution is -2.38. The smallest absolute Gasteiger partial charge is 0.266 e. The van der Waals surface area contributed by atoms with E-state index in [1.807, 2.05) is 48.2 Å². The van der Waals surface area contributed by atoms with Gasteiger partial charge in [-0.25, -0.2) is 4.98 Å². The zero-order valence-electron chi connectivity index (χ0n) is 19.8. The molecule has 2 aromatic carbocycles. The highest BCUT2D eigenvalue weighted by molar-refractivity contribution is 5.79. The van der Waals surface area contributed by atoms with Gasteiger partial charge in [0.05, 0.1) is 22.6 Å². The average Bonchev–Trinajstić information content (AvgIpc) is 2.82. The number of rotatable bonds is 10. The number of carbonyl (C=O) groups is 1. The van der Waals surface area contributed by atoms with Crippen molar-refractivity contribution in [3.8, 4) is 5.69 Å². The Kier molecular flexibility index (Phi) is 8.20. The topological polar surface area (TPSA) is 55.2 Å². The number of benzene rings is 2. The third-order valence-electron chi connectivity index (χ3n) is 6.12. The Morgan fingerprint density at radius 1 is 1.00 bits per heavy atom. The summed E-state index contributed by atoms with van der Waals surface area (Å²) in [6, 6.07) is 15.2. The molecule has 0 saturated heterocycles. The van der Waals surface area contributed by atoms with Crippen molar-refractivity contribution in [2.24, 2.45) is 0 Å². The molecule has 0 aliphatic heterocycles. The molecule has 170 valence electrons. The molecule has 0 bridgehead atoms. The van der Waals surface area contributed by atoms with Crippen LogP contribution in [-0.4, -0.2) is 26.9 Å². The number of nitrogens with zero attached hydrogens (tertiary/aromatic N) is 3. The Balaban J connectivity index is 2.17. The lowest BCUT2D eigenvalue weighted by atomic mass is 10.1. The molecule has 1 atom stereocenters. The van der Waals surface area contributed by atoms with E-state index in [4.69, 9.17) is 4.98 Å². The summed E-state index contributed by atoms with van der Waals surface area (Å²) < 4.78 is 1.71. The molecule has 0 aliphatic rings. The first-order valence-electron chi connectivity index (χ1n) is 12.0. The van der Waals surface area contributed by atoms with Gasteiger partial charge in [0.2, 0.25) is 5.91 Å². The second-order valence-electron chi connectivity index (χ2n) is 8.21. The molecule has 1 heterocycles. The monoisotopic (exact) mass is 433 g/mol. The standard InChI is InChI=1S/C27H35N3O2/c1-5-9-10-15-25(31)29(8-4)24(7-3)26-28-23-14-12-11-13-22(23)27(32)30(26)21-18-16-20(6-2)17-19-21/h11-14,16-19,24H,5-10,15H2,1-4H3. The normalized spacial score (nSPS) is 12.1. The molecule has 3 aromatic rings. The Bertz CT molecular complexity index is 1100. The molecule has 0 N–H and O–H groups in total. The highest BCUT2D eigenvalue weighted by Crippen LogP contribution is 2.27. The maximum atomic E-state index is 13.6. The quantitative estimate of drug-likeness (QED) is 0.378. The van der Waals surface area contributed by atoms with Gasteiger partial charge >= 0.3 is 0 Å². The van der Waals surface area contributed by atoms with Crippen LogP contribution in [0.5, 0.6) is 0 Å². The van der Waals surface area contributed by atoms with E-state index in [9.17, 15) is 9.59 Å². The van der Waals surface area contributed by atoms with Crippen molar-refractivity contribution in [2.45, 2.75) is 72.3 Å². The first-order chi connectivity index (χ1) is 15.5. The van der Waals surface area contributed by atoms with Gasteiger partial charge in [0.1, 0.15) is 5.82 Å². The molecule has 3 rings (SSSR count). The van der Waals surface area contributed by atoms with Crippen molar-refractivity contribution < 1.29 is 4.79 Å². The largest absolute Gasteiger partial charge is 0.333 e. The first-order valence-corrected chi connectivity index (χ1v) is 12.0. The van der Waals surface area contributed by atoms with Gasteiger partial charge in [-0.2, -0.15) is 0 Å². The van der Waals surface area contributed by atoms with E-state index in [1.165, 1.54) is 5.56 Å². The maximum Gasteiger partial charge on any atom is 0.266 e. The summed E-state index contributed by atoms with van der Waals surface area (Å²) in [5.74, 6) is 0.759. The molecule has 0 fully saturated rings. The van der Waals surface area contributed by atoms with Gasteiger partial charge in [-0.05, 0) is 56.0 Å².